The van der Waals surface area contributed by atoms with Gasteiger partial charge in [-0.15, -0.1) is 0 Å². The van der Waals surface area contributed by atoms with Gasteiger partial charge in [0.2, 0.25) is 0 Å². The molecule has 1 unspecified atom stereocenters. The fraction of sp³-hybridized carbons (Fsp3) is 0.533. The van der Waals surface area contributed by atoms with Crippen LogP contribution < -0.4 is 5.73 Å². The zero-order valence-electron chi connectivity index (χ0n) is 12.2. The number of halogens is 2. The van der Waals surface area contributed by atoms with E-state index in [9.17, 15) is 8.78 Å². The summed E-state index contributed by atoms with van der Waals surface area (Å²) < 4.78 is 26.4. The Labute approximate surface area is 129 Å². The topological polar surface area (TPSA) is 32.5 Å². The van der Waals surface area contributed by atoms with E-state index in [0.29, 0.717) is 17.1 Å². The lowest BCUT2D eigenvalue weighted by Crippen LogP contribution is -2.53. The van der Waals surface area contributed by atoms with Gasteiger partial charge in [-0.2, -0.15) is 0 Å². The van der Waals surface area contributed by atoms with Crippen molar-refractivity contribution in [1.82, 2.24) is 9.80 Å². The van der Waals surface area contributed by atoms with Gasteiger partial charge in [0.05, 0.1) is 11.0 Å². The predicted octanol–water partition coefficient (Wildman–Crippen LogP) is 2.15. The summed E-state index contributed by atoms with van der Waals surface area (Å²) in [6.45, 7) is 6.06. The van der Waals surface area contributed by atoms with Gasteiger partial charge in [-0.25, -0.2) is 8.78 Å². The number of nitrogens with two attached hydrogens (primary N) is 1. The molecule has 6 heteroatoms. The maximum atomic E-state index is 13.2. The Hall–Kier alpha value is -1.11. The van der Waals surface area contributed by atoms with E-state index < -0.39 is 11.6 Å². The molecule has 1 aliphatic heterocycles. The molecule has 21 heavy (non-hydrogen) atoms. The fourth-order valence-electron chi connectivity index (χ4n) is 2.83. The van der Waals surface area contributed by atoms with Gasteiger partial charge in [-0.1, -0.05) is 19.1 Å². The lowest BCUT2D eigenvalue weighted by atomic mass is 10.1. The molecule has 1 saturated heterocycles. The van der Waals surface area contributed by atoms with Crippen molar-refractivity contribution in [1.29, 1.82) is 0 Å². The molecule has 1 aliphatic rings. The highest BCUT2D eigenvalue weighted by Gasteiger charge is 2.24. The summed E-state index contributed by atoms with van der Waals surface area (Å²) in [5, 5.41) is 0. The highest BCUT2D eigenvalue weighted by atomic mass is 32.1. The molecule has 2 N–H and O–H groups in total. The van der Waals surface area contributed by atoms with Crippen molar-refractivity contribution in [2.45, 2.75) is 25.9 Å². The first-order valence-corrected chi connectivity index (χ1v) is 7.61. The minimum Gasteiger partial charge on any atom is -0.392 e. The molecule has 0 amide bonds. The number of benzene rings is 1. The molecule has 3 nitrogen and oxygen atoms in total. The highest BCUT2D eigenvalue weighted by molar-refractivity contribution is 7.80. The van der Waals surface area contributed by atoms with Gasteiger partial charge in [0.15, 0.2) is 0 Å². The molecular formula is C15H21F2N3S. The average Bonchev–Trinajstić information content (AvgIpc) is 2.40. The normalized spacial score (nSPS) is 18.6. The molecule has 1 heterocycles. The molecule has 0 bridgehead atoms. The molecule has 0 aromatic heterocycles. The van der Waals surface area contributed by atoms with Gasteiger partial charge in [0.1, 0.15) is 11.6 Å². The Morgan fingerprint density at radius 2 is 1.76 bits per heavy atom. The Morgan fingerprint density at radius 1 is 1.19 bits per heavy atom. The molecule has 0 aliphatic carbocycles. The van der Waals surface area contributed by atoms with E-state index in [1.807, 2.05) is 0 Å². The van der Waals surface area contributed by atoms with Gasteiger partial charge in [0, 0.05) is 38.8 Å². The molecule has 1 fully saturated rings. The van der Waals surface area contributed by atoms with Gasteiger partial charge < -0.3 is 5.73 Å². The zero-order chi connectivity index (χ0) is 15.4. The van der Waals surface area contributed by atoms with Crippen LogP contribution in [-0.4, -0.2) is 47.0 Å². The van der Waals surface area contributed by atoms with Crippen molar-refractivity contribution < 1.29 is 8.78 Å². The maximum Gasteiger partial charge on any atom is 0.126 e. The Balaban J connectivity index is 1.90. The van der Waals surface area contributed by atoms with Crippen LogP contribution in [0.25, 0.3) is 0 Å². The first-order valence-electron chi connectivity index (χ1n) is 7.20. The number of piperazine rings is 1. The number of hydrogen-bond donors (Lipinski definition) is 1. The van der Waals surface area contributed by atoms with E-state index in [2.05, 4.69) is 16.7 Å². The Kier molecular flexibility index (Phi) is 5.61. The minimum absolute atomic E-state index is 0.147. The van der Waals surface area contributed by atoms with E-state index in [4.69, 9.17) is 18.0 Å². The van der Waals surface area contributed by atoms with Crippen molar-refractivity contribution in [2.75, 3.05) is 26.2 Å². The summed E-state index contributed by atoms with van der Waals surface area (Å²) in [4.78, 5) is 5.01. The van der Waals surface area contributed by atoms with E-state index >= 15 is 0 Å². The summed E-state index contributed by atoms with van der Waals surface area (Å²) in [5.41, 5.74) is 6.43. The molecule has 1 aromatic rings. The molecule has 1 atom stereocenters. The smallest absolute Gasteiger partial charge is 0.126 e. The van der Waals surface area contributed by atoms with Gasteiger partial charge >= 0.3 is 0 Å². The van der Waals surface area contributed by atoms with Crippen LogP contribution in [-0.2, 0) is 6.54 Å². The first-order chi connectivity index (χ1) is 9.99. The highest BCUT2D eigenvalue weighted by Crippen LogP contribution is 2.14. The lowest BCUT2D eigenvalue weighted by molar-refractivity contribution is 0.111. The van der Waals surface area contributed by atoms with E-state index in [-0.39, 0.29) is 6.04 Å². The lowest BCUT2D eigenvalue weighted by Gasteiger charge is -2.38. The van der Waals surface area contributed by atoms with E-state index in [1.54, 1.807) is 0 Å². The summed E-state index contributed by atoms with van der Waals surface area (Å²) in [7, 11) is 0. The summed E-state index contributed by atoms with van der Waals surface area (Å²) in [6.07, 6.45) is 0.907. The Morgan fingerprint density at radius 3 is 2.24 bits per heavy atom. The van der Waals surface area contributed by atoms with E-state index in [0.717, 1.165) is 38.7 Å². The van der Waals surface area contributed by atoms with Crippen LogP contribution >= 0.6 is 12.2 Å². The number of rotatable bonds is 5. The molecule has 2 rings (SSSR count). The van der Waals surface area contributed by atoms with Crippen molar-refractivity contribution in [3.8, 4) is 0 Å². The second-order valence-corrected chi connectivity index (χ2v) is 5.89. The molecule has 0 radical (unpaired) electrons. The summed E-state index contributed by atoms with van der Waals surface area (Å²) in [5.74, 6) is -1.05. The van der Waals surface area contributed by atoms with Crippen LogP contribution in [0.2, 0.25) is 0 Å². The molecule has 116 valence electrons. The fourth-order valence-corrected chi connectivity index (χ4v) is 3.15. The second-order valence-electron chi connectivity index (χ2n) is 5.42. The minimum atomic E-state index is -0.525. The Bertz CT molecular complexity index is 481. The SMILES string of the molecule is CCC(C(N)=S)N1CCN(Cc2cc(F)cc(F)c2)CC1. The zero-order valence-corrected chi connectivity index (χ0v) is 13.0. The monoisotopic (exact) mass is 313 g/mol. The van der Waals surface area contributed by atoms with Crippen LogP contribution in [0.1, 0.15) is 18.9 Å². The second kappa shape index (κ2) is 7.24. The summed E-state index contributed by atoms with van der Waals surface area (Å²) in [6, 6.07) is 3.82. The van der Waals surface area contributed by atoms with Crippen molar-refractivity contribution in [3.63, 3.8) is 0 Å². The molecule has 0 spiro atoms. The van der Waals surface area contributed by atoms with Crippen LogP contribution in [0.15, 0.2) is 18.2 Å². The quantitative estimate of drug-likeness (QED) is 0.844. The third-order valence-corrected chi connectivity index (χ3v) is 4.16. The largest absolute Gasteiger partial charge is 0.392 e. The summed E-state index contributed by atoms with van der Waals surface area (Å²) >= 11 is 5.10. The molecule has 0 saturated carbocycles. The van der Waals surface area contributed by atoms with Crippen LogP contribution in [0.5, 0.6) is 0 Å². The van der Waals surface area contributed by atoms with Crippen molar-refractivity contribution in [3.05, 3.63) is 35.4 Å². The standard InChI is InChI=1S/C15H21F2N3S/c1-2-14(15(18)21)20-5-3-19(4-6-20)10-11-7-12(16)9-13(17)8-11/h7-9,14H,2-6,10H2,1H3,(H2,18,21). The van der Waals surface area contributed by atoms with Gasteiger partial charge in [-0.3, -0.25) is 9.80 Å². The number of thiocarbonyl (C=S) groups is 1. The van der Waals surface area contributed by atoms with Crippen LogP contribution in [0.3, 0.4) is 0 Å². The maximum absolute atomic E-state index is 13.2. The third-order valence-electron chi connectivity index (χ3n) is 3.89. The van der Waals surface area contributed by atoms with E-state index in [1.165, 1.54) is 12.1 Å². The molecule has 1 aromatic carbocycles. The number of nitrogens with zero attached hydrogens (tertiary/aromatic N) is 2. The predicted molar refractivity (Wildman–Crippen MR) is 84.1 cm³/mol. The van der Waals surface area contributed by atoms with Gasteiger partial charge in [0.25, 0.3) is 0 Å². The van der Waals surface area contributed by atoms with Crippen molar-refractivity contribution >= 4 is 17.2 Å². The third kappa shape index (κ3) is 4.43. The average molecular weight is 313 g/mol. The first kappa shape index (κ1) is 16.3. The molecular weight excluding hydrogens is 292 g/mol. The van der Waals surface area contributed by atoms with Crippen LogP contribution in [0.4, 0.5) is 8.78 Å². The van der Waals surface area contributed by atoms with Gasteiger partial charge in [-0.05, 0) is 24.1 Å². The van der Waals surface area contributed by atoms with Crippen molar-refractivity contribution in [2.24, 2.45) is 5.73 Å². The number of hydrogen-bond acceptors (Lipinski definition) is 3. The van der Waals surface area contributed by atoms with Crippen LogP contribution in [0, 0.1) is 11.6 Å².